The van der Waals surface area contributed by atoms with Crippen molar-refractivity contribution in [3.63, 3.8) is 0 Å². The van der Waals surface area contributed by atoms with Gasteiger partial charge in [-0.25, -0.2) is 4.79 Å². The van der Waals surface area contributed by atoms with E-state index in [2.05, 4.69) is 17.0 Å². The quantitative estimate of drug-likeness (QED) is 0.649. The number of carbonyl (C=O) groups is 2. The minimum absolute atomic E-state index is 0.0323. The third kappa shape index (κ3) is 4.94. The van der Waals surface area contributed by atoms with Gasteiger partial charge < -0.3 is 10.0 Å². The van der Waals surface area contributed by atoms with Gasteiger partial charge in [-0.15, -0.1) is 0 Å². The van der Waals surface area contributed by atoms with E-state index in [1.54, 1.807) is 11.8 Å². The highest BCUT2D eigenvalue weighted by atomic mass is 16.4. The van der Waals surface area contributed by atoms with E-state index < -0.39 is 6.09 Å². The molecule has 0 aliphatic carbocycles. The first-order chi connectivity index (χ1) is 16.3. The van der Waals surface area contributed by atoms with E-state index >= 15 is 0 Å². The molecule has 7 heteroatoms. The van der Waals surface area contributed by atoms with E-state index in [1.165, 1.54) is 24.2 Å². The number of amides is 2. The minimum atomic E-state index is -0.941. The number of anilines is 1. The molecule has 2 unspecified atom stereocenters. The number of carboxylic acid groups (broad SMARTS) is 1. The summed E-state index contributed by atoms with van der Waals surface area (Å²) in [7, 11) is 0. The number of nitrogens with zero attached hydrogens (tertiary/aromatic N) is 4. The SMILES string of the molecule is CC(=O)N1c2ccc(-c3ccc(CN4CCCCC4)nc3)cc2C(N(C(=O)O)C(C)C)CC1C. The Kier molecular flexibility index (Phi) is 7.22. The Balaban J connectivity index is 1.67. The predicted octanol–water partition coefficient (Wildman–Crippen LogP) is 5.31. The van der Waals surface area contributed by atoms with E-state index in [0.29, 0.717) is 6.42 Å². The van der Waals surface area contributed by atoms with E-state index in [-0.39, 0.29) is 24.0 Å². The summed E-state index contributed by atoms with van der Waals surface area (Å²) in [5.74, 6) is -0.0323. The van der Waals surface area contributed by atoms with Crippen molar-refractivity contribution in [1.29, 1.82) is 0 Å². The number of benzene rings is 1. The van der Waals surface area contributed by atoms with Crippen LogP contribution in [0.15, 0.2) is 36.5 Å². The van der Waals surface area contributed by atoms with E-state index in [1.807, 2.05) is 45.2 Å². The molecule has 0 radical (unpaired) electrons. The summed E-state index contributed by atoms with van der Waals surface area (Å²) in [5.41, 5.74) is 4.70. The molecule has 0 spiro atoms. The molecular formula is C27H36N4O3. The highest BCUT2D eigenvalue weighted by Crippen LogP contribution is 2.43. The zero-order valence-electron chi connectivity index (χ0n) is 20.7. The summed E-state index contributed by atoms with van der Waals surface area (Å²) in [4.78, 5) is 35.1. The molecule has 4 rings (SSSR count). The molecule has 2 aromatic rings. The molecule has 1 N–H and O–H groups in total. The van der Waals surface area contributed by atoms with E-state index in [9.17, 15) is 14.7 Å². The maximum absolute atomic E-state index is 12.5. The number of pyridine rings is 1. The van der Waals surface area contributed by atoms with Crippen LogP contribution in [0.25, 0.3) is 11.1 Å². The van der Waals surface area contributed by atoms with Crippen LogP contribution >= 0.6 is 0 Å². The normalized spacial score (nSPS) is 20.8. The summed E-state index contributed by atoms with van der Waals surface area (Å²) in [6.45, 7) is 10.5. The van der Waals surface area contributed by atoms with Crippen molar-refractivity contribution >= 4 is 17.7 Å². The molecule has 0 bridgehead atoms. The highest BCUT2D eigenvalue weighted by Gasteiger charge is 2.38. The third-order valence-electron chi connectivity index (χ3n) is 7.10. The Morgan fingerprint density at radius 3 is 2.41 bits per heavy atom. The number of fused-ring (bicyclic) bond motifs is 1. The molecular weight excluding hydrogens is 428 g/mol. The molecule has 1 aromatic carbocycles. The second kappa shape index (κ2) is 10.1. The molecule has 3 heterocycles. The second-order valence-corrected chi connectivity index (χ2v) is 9.92. The van der Waals surface area contributed by atoms with Crippen LogP contribution in [0.4, 0.5) is 10.5 Å². The summed E-state index contributed by atoms with van der Waals surface area (Å²) in [6, 6.07) is 9.61. The number of hydrogen-bond acceptors (Lipinski definition) is 4. The number of carbonyl (C=O) groups excluding carboxylic acids is 1. The first-order valence-electron chi connectivity index (χ1n) is 12.4. The number of piperidine rings is 1. The van der Waals surface area contributed by atoms with Gasteiger partial charge in [0, 0.05) is 43.0 Å². The minimum Gasteiger partial charge on any atom is -0.465 e. The Morgan fingerprint density at radius 2 is 1.82 bits per heavy atom. The summed E-state index contributed by atoms with van der Waals surface area (Å²) >= 11 is 0. The van der Waals surface area contributed by atoms with Crippen LogP contribution in [0.1, 0.15) is 70.7 Å². The molecule has 0 saturated carbocycles. The van der Waals surface area contributed by atoms with Crippen LogP contribution in [0.2, 0.25) is 0 Å². The van der Waals surface area contributed by atoms with Crippen molar-refractivity contribution < 1.29 is 14.7 Å². The average molecular weight is 465 g/mol. The molecule has 1 fully saturated rings. The van der Waals surface area contributed by atoms with Gasteiger partial charge in [0.1, 0.15) is 0 Å². The van der Waals surface area contributed by atoms with Crippen LogP contribution < -0.4 is 4.90 Å². The predicted molar refractivity (Wildman–Crippen MR) is 134 cm³/mol. The lowest BCUT2D eigenvalue weighted by atomic mass is 9.88. The maximum atomic E-state index is 12.5. The van der Waals surface area contributed by atoms with Gasteiger partial charge in [0.2, 0.25) is 5.91 Å². The first kappa shape index (κ1) is 24.2. The molecule has 1 aromatic heterocycles. The zero-order valence-corrected chi connectivity index (χ0v) is 20.7. The topological polar surface area (TPSA) is 77.0 Å². The van der Waals surface area contributed by atoms with Gasteiger partial charge in [-0.2, -0.15) is 0 Å². The van der Waals surface area contributed by atoms with E-state index in [0.717, 1.165) is 47.7 Å². The van der Waals surface area contributed by atoms with Gasteiger partial charge in [-0.3, -0.25) is 19.6 Å². The van der Waals surface area contributed by atoms with Gasteiger partial charge in [-0.1, -0.05) is 18.6 Å². The fourth-order valence-corrected chi connectivity index (χ4v) is 5.51. The lowest BCUT2D eigenvalue weighted by Crippen LogP contribution is -2.48. The van der Waals surface area contributed by atoms with Crippen molar-refractivity contribution in [2.24, 2.45) is 0 Å². The number of aromatic nitrogens is 1. The lowest BCUT2D eigenvalue weighted by molar-refractivity contribution is -0.117. The highest BCUT2D eigenvalue weighted by molar-refractivity contribution is 5.94. The van der Waals surface area contributed by atoms with Crippen molar-refractivity contribution in [3.8, 4) is 11.1 Å². The van der Waals surface area contributed by atoms with Crippen LogP contribution in [0, 0.1) is 0 Å². The van der Waals surface area contributed by atoms with Crippen LogP contribution in [0.3, 0.4) is 0 Å². The Morgan fingerprint density at radius 1 is 1.12 bits per heavy atom. The summed E-state index contributed by atoms with van der Waals surface area (Å²) in [6.07, 6.45) is 5.36. The Hall–Kier alpha value is -2.93. The summed E-state index contributed by atoms with van der Waals surface area (Å²) < 4.78 is 0. The number of rotatable bonds is 5. The van der Waals surface area contributed by atoms with Crippen molar-refractivity contribution in [2.75, 3.05) is 18.0 Å². The van der Waals surface area contributed by atoms with Gasteiger partial charge >= 0.3 is 6.09 Å². The number of likely N-dealkylation sites (tertiary alicyclic amines) is 1. The molecule has 2 aliphatic rings. The maximum Gasteiger partial charge on any atom is 0.408 e. The molecule has 2 amide bonds. The first-order valence-corrected chi connectivity index (χ1v) is 12.4. The third-order valence-corrected chi connectivity index (χ3v) is 7.10. The molecule has 182 valence electrons. The van der Waals surface area contributed by atoms with Gasteiger partial charge in [0.25, 0.3) is 0 Å². The molecule has 34 heavy (non-hydrogen) atoms. The van der Waals surface area contributed by atoms with Gasteiger partial charge in [0.05, 0.1) is 11.7 Å². The van der Waals surface area contributed by atoms with Crippen molar-refractivity contribution in [3.05, 3.63) is 47.8 Å². The summed E-state index contributed by atoms with van der Waals surface area (Å²) in [5, 5.41) is 9.97. The van der Waals surface area contributed by atoms with Crippen molar-refractivity contribution in [2.45, 2.75) is 78.0 Å². The molecule has 1 saturated heterocycles. The fraction of sp³-hybridized carbons (Fsp3) is 0.519. The average Bonchev–Trinajstić information content (AvgIpc) is 2.79. The largest absolute Gasteiger partial charge is 0.465 e. The van der Waals surface area contributed by atoms with Crippen LogP contribution in [-0.2, 0) is 11.3 Å². The van der Waals surface area contributed by atoms with Gasteiger partial charge in [0.15, 0.2) is 0 Å². The standard InChI is InChI=1S/C27H36N4O3/c1-18(2)30(27(33)34)26-14-19(3)31(20(4)32)25-11-9-21(15-24(25)26)22-8-10-23(28-16-22)17-29-12-6-5-7-13-29/h8-11,15-16,18-19,26H,5-7,12-14,17H2,1-4H3,(H,33,34). The lowest BCUT2D eigenvalue weighted by Gasteiger charge is -2.43. The Labute approximate surface area is 202 Å². The molecule has 2 aliphatic heterocycles. The monoisotopic (exact) mass is 464 g/mol. The Bertz CT molecular complexity index is 1030. The zero-order chi connectivity index (χ0) is 24.4. The van der Waals surface area contributed by atoms with Crippen LogP contribution in [-0.4, -0.2) is 57.1 Å². The molecule has 2 atom stereocenters. The molecule has 7 nitrogen and oxygen atoms in total. The van der Waals surface area contributed by atoms with Crippen LogP contribution in [0.5, 0.6) is 0 Å². The second-order valence-electron chi connectivity index (χ2n) is 9.92. The number of hydrogen-bond donors (Lipinski definition) is 1. The van der Waals surface area contributed by atoms with E-state index in [4.69, 9.17) is 4.98 Å². The smallest absolute Gasteiger partial charge is 0.408 e. The van der Waals surface area contributed by atoms with Crippen molar-refractivity contribution in [1.82, 2.24) is 14.8 Å². The van der Waals surface area contributed by atoms with Gasteiger partial charge in [-0.05, 0) is 82.4 Å². The fourth-order valence-electron chi connectivity index (χ4n) is 5.51.